The molecule has 0 heterocycles. The quantitative estimate of drug-likeness (QED) is 0.840. The molecular formula is C21H23FN2O2S. The van der Waals surface area contributed by atoms with Crippen LogP contribution in [0.1, 0.15) is 54.8 Å². The van der Waals surface area contributed by atoms with E-state index in [0.29, 0.717) is 16.9 Å². The van der Waals surface area contributed by atoms with Gasteiger partial charge in [-0.15, -0.1) is 0 Å². The summed E-state index contributed by atoms with van der Waals surface area (Å²) in [4.78, 5) is 0.345. The van der Waals surface area contributed by atoms with Gasteiger partial charge in [0.1, 0.15) is 11.9 Å². The number of nitrogens with zero attached hydrogens (tertiary/aromatic N) is 1. The van der Waals surface area contributed by atoms with E-state index in [4.69, 9.17) is 5.26 Å². The minimum Gasteiger partial charge on any atom is -0.307 e. The summed E-state index contributed by atoms with van der Waals surface area (Å²) in [6.07, 6.45) is 4.24. The summed E-state index contributed by atoms with van der Waals surface area (Å²) in [5, 5.41) is 12.6. The third-order valence-electron chi connectivity index (χ3n) is 5.31. The minimum absolute atomic E-state index is 0.0223. The van der Waals surface area contributed by atoms with E-state index < -0.39 is 15.7 Å². The molecule has 1 unspecified atom stereocenters. The number of hydrogen-bond acceptors (Lipinski definition) is 4. The number of benzene rings is 2. The molecule has 3 atom stereocenters. The molecule has 1 aliphatic rings. The second-order valence-corrected chi connectivity index (χ2v) is 9.30. The van der Waals surface area contributed by atoms with Crippen LogP contribution in [-0.4, -0.2) is 20.7 Å². The number of halogens is 1. The highest BCUT2D eigenvalue weighted by Crippen LogP contribution is 2.35. The lowest BCUT2D eigenvalue weighted by molar-refractivity contribution is 0.456. The van der Waals surface area contributed by atoms with Crippen molar-refractivity contribution in [3.63, 3.8) is 0 Å². The van der Waals surface area contributed by atoms with Crippen LogP contribution in [0.15, 0.2) is 47.4 Å². The Labute approximate surface area is 160 Å². The number of nitriles is 1. The summed E-state index contributed by atoms with van der Waals surface area (Å²) >= 11 is 0. The molecule has 6 heteroatoms. The molecule has 0 amide bonds. The average molecular weight is 386 g/mol. The lowest BCUT2D eigenvalue weighted by atomic mass is 9.97. The lowest BCUT2D eigenvalue weighted by Gasteiger charge is -2.20. The molecule has 1 N–H and O–H groups in total. The van der Waals surface area contributed by atoms with E-state index >= 15 is 0 Å². The number of nitrogens with one attached hydrogen (secondary N) is 1. The first-order valence-corrected chi connectivity index (χ1v) is 10.9. The first-order chi connectivity index (χ1) is 12.8. The molecule has 4 nitrogen and oxygen atoms in total. The van der Waals surface area contributed by atoms with E-state index in [1.807, 2.05) is 25.1 Å². The van der Waals surface area contributed by atoms with Crippen LogP contribution in [0.5, 0.6) is 0 Å². The Morgan fingerprint density at radius 2 is 1.89 bits per heavy atom. The topological polar surface area (TPSA) is 70.0 Å². The van der Waals surface area contributed by atoms with Crippen LogP contribution in [-0.2, 0) is 9.84 Å². The van der Waals surface area contributed by atoms with Gasteiger partial charge in [-0.25, -0.2) is 12.8 Å². The highest BCUT2D eigenvalue weighted by molar-refractivity contribution is 7.90. The van der Waals surface area contributed by atoms with Gasteiger partial charge >= 0.3 is 0 Å². The van der Waals surface area contributed by atoms with Crippen LogP contribution >= 0.6 is 0 Å². The normalized spacial score (nSPS) is 21.0. The molecule has 1 saturated carbocycles. The summed E-state index contributed by atoms with van der Waals surface area (Å²) in [6, 6.07) is 14.1. The first-order valence-electron chi connectivity index (χ1n) is 9.03. The molecule has 0 aliphatic heterocycles. The van der Waals surface area contributed by atoms with Crippen molar-refractivity contribution in [2.24, 2.45) is 0 Å². The zero-order chi connectivity index (χ0) is 19.6. The van der Waals surface area contributed by atoms with Gasteiger partial charge in [0.15, 0.2) is 9.84 Å². The fourth-order valence-electron chi connectivity index (χ4n) is 3.77. The maximum absolute atomic E-state index is 13.5. The molecule has 0 aromatic heterocycles. The van der Waals surface area contributed by atoms with Gasteiger partial charge in [-0.05, 0) is 67.5 Å². The van der Waals surface area contributed by atoms with Crippen LogP contribution < -0.4 is 5.32 Å². The van der Waals surface area contributed by atoms with E-state index in [2.05, 4.69) is 5.32 Å². The van der Waals surface area contributed by atoms with Gasteiger partial charge in [0, 0.05) is 18.3 Å². The van der Waals surface area contributed by atoms with Gasteiger partial charge in [0.25, 0.3) is 0 Å². The van der Waals surface area contributed by atoms with Crippen LogP contribution in [0.25, 0.3) is 0 Å². The molecule has 142 valence electrons. The Kier molecular flexibility index (Phi) is 5.64. The monoisotopic (exact) mass is 386 g/mol. The lowest BCUT2D eigenvalue weighted by Crippen LogP contribution is -2.29. The van der Waals surface area contributed by atoms with Crippen molar-refractivity contribution in [3.05, 3.63) is 65.0 Å². The molecule has 1 aliphatic carbocycles. The molecule has 27 heavy (non-hydrogen) atoms. The number of sulfone groups is 1. The Balaban J connectivity index is 1.63. The highest BCUT2D eigenvalue weighted by Gasteiger charge is 2.27. The Morgan fingerprint density at radius 1 is 1.19 bits per heavy atom. The summed E-state index contributed by atoms with van der Waals surface area (Å²) in [5.41, 5.74) is 2.12. The molecule has 0 bridgehead atoms. The molecule has 1 fully saturated rings. The number of hydrogen-bond donors (Lipinski definition) is 1. The minimum atomic E-state index is -3.17. The third-order valence-corrected chi connectivity index (χ3v) is 6.44. The van der Waals surface area contributed by atoms with E-state index in [0.717, 1.165) is 30.4 Å². The summed E-state index contributed by atoms with van der Waals surface area (Å²) in [7, 11) is -3.17. The molecule has 0 saturated heterocycles. The van der Waals surface area contributed by atoms with Gasteiger partial charge in [-0.3, -0.25) is 0 Å². The van der Waals surface area contributed by atoms with Crippen molar-refractivity contribution < 1.29 is 12.8 Å². The van der Waals surface area contributed by atoms with Gasteiger partial charge in [-0.1, -0.05) is 18.2 Å². The van der Waals surface area contributed by atoms with E-state index in [1.165, 1.54) is 12.3 Å². The zero-order valence-corrected chi connectivity index (χ0v) is 16.3. The fraction of sp³-hybridized carbons (Fsp3) is 0.381. The Hall–Kier alpha value is -2.23. The Morgan fingerprint density at radius 3 is 2.52 bits per heavy atom. The van der Waals surface area contributed by atoms with Gasteiger partial charge in [0.05, 0.1) is 10.5 Å². The molecule has 2 aromatic carbocycles. The second-order valence-electron chi connectivity index (χ2n) is 7.29. The molecule has 2 aromatic rings. The summed E-state index contributed by atoms with van der Waals surface area (Å²) < 4.78 is 36.7. The maximum Gasteiger partial charge on any atom is 0.175 e. The molecule has 3 rings (SSSR count). The third kappa shape index (κ3) is 4.55. The first kappa shape index (κ1) is 19.5. The van der Waals surface area contributed by atoms with Crippen molar-refractivity contribution in [1.82, 2.24) is 5.32 Å². The highest BCUT2D eigenvalue weighted by atomic mass is 32.2. The van der Waals surface area contributed by atoms with Crippen LogP contribution in [0, 0.1) is 17.1 Å². The number of rotatable bonds is 5. The van der Waals surface area contributed by atoms with E-state index in [9.17, 15) is 12.8 Å². The van der Waals surface area contributed by atoms with E-state index in [1.54, 1.807) is 24.3 Å². The largest absolute Gasteiger partial charge is 0.307 e. The molecule has 0 spiro atoms. The van der Waals surface area contributed by atoms with Crippen LogP contribution in [0.2, 0.25) is 0 Å². The van der Waals surface area contributed by atoms with Gasteiger partial charge < -0.3 is 5.32 Å². The van der Waals surface area contributed by atoms with E-state index in [-0.39, 0.29) is 11.6 Å². The van der Waals surface area contributed by atoms with Crippen LogP contribution in [0.4, 0.5) is 4.39 Å². The average Bonchev–Trinajstić information content (AvgIpc) is 3.10. The SMILES string of the molecule is C[C@@H](NC1CC[C@H](c2ccc(S(C)(=O)=O)cc2)C1)c1ccc(F)c(C#N)c1. The summed E-state index contributed by atoms with van der Waals surface area (Å²) in [5.74, 6) is -0.0990. The zero-order valence-electron chi connectivity index (χ0n) is 15.4. The molecule has 0 radical (unpaired) electrons. The van der Waals surface area contributed by atoms with Crippen molar-refractivity contribution in [2.45, 2.75) is 49.1 Å². The predicted octanol–water partition coefficient (Wildman–Crippen LogP) is 4.09. The van der Waals surface area contributed by atoms with Crippen LogP contribution in [0.3, 0.4) is 0 Å². The van der Waals surface area contributed by atoms with Gasteiger partial charge in [-0.2, -0.15) is 5.26 Å². The fourth-order valence-corrected chi connectivity index (χ4v) is 4.40. The van der Waals surface area contributed by atoms with Crippen molar-refractivity contribution in [2.75, 3.05) is 6.26 Å². The molecular weight excluding hydrogens is 363 g/mol. The standard InChI is InChI=1S/C21H23FN2O2S/c1-14(16-6-10-21(22)18(11-16)13-23)24-19-7-3-17(12-19)15-4-8-20(9-5-15)27(2,25)26/h4-6,8-11,14,17,19,24H,3,7,12H2,1-2H3/t14-,17+,19?/m1/s1. The second kappa shape index (κ2) is 7.79. The maximum atomic E-state index is 13.5. The summed E-state index contributed by atoms with van der Waals surface area (Å²) in [6.45, 7) is 2.02. The van der Waals surface area contributed by atoms with Crippen molar-refractivity contribution >= 4 is 9.84 Å². The van der Waals surface area contributed by atoms with Crippen molar-refractivity contribution in [3.8, 4) is 6.07 Å². The smallest absolute Gasteiger partial charge is 0.175 e. The van der Waals surface area contributed by atoms with Crippen molar-refractivity contribution in [1.29, 1.82) is 5.26 Å². The predicted molar refractivity (Wildman–Crippen MR) is 103 cm³/mol. The van der Waals surface area contributed by atoms with Gasteiger partial charge in [0.2, 0.25) is 0 Å². The Bertz CT molecular complexity index is 965.